The van der Waals surface area contributed by atoms with Crippen LogP contribution in [-0.2, 0) is 24.8 Å². The molecule has 11 heteroatoms. The van der Waals surface area contributed by atoms with E-state index in [9.17, 15) is 19.6 Å². The Kier molecular flexibility index (Phi) is 10.1. The number of amides is 1. The zero-order chi connectivity index (χ0) is 34.8. The molecule has 2 aromatic heterocycles. The fraction of sp³-hybridized carbons (Fsp3) is 0.342. The Morgan fingerprint density at radius 3 is 2.27 bits per heavy atom. The Bertz CT molecular complexity index is 2100. The number of piperidine rings is 1. The van der Waals surface area contributed by atoms with Crippen LogP contribution >= 0.6 is 24.0 Å². The van der Waals surface area contributed by atoms with Gasteiger partial charge < -0.3 is 4.90 Å². The summed E-state index contributed by atoms with van der Waals surface area (Å²) in [6.07, 6.45) is 6.34. The van der Waals surface area contributed by atoms with Gasteiger partial charge in [0.15, 0.2) is 4.32 Å². The number of carbonyl (C=O) groups excluding carboxylic acids is 1. The third-order valence-corrected chi connectivity index (χ3v) is 11.0. The molecule has 0 unspecified atom stereocenters. The van der Waals surface area contributed by atoms with Crippen molar-refractivity contribution >= 4 is 51.8 Å². The summed E-state index contributed by atoms with van der Waals surface area (Å²) in [7, 11) is 1.78. The van der Waals surface area contributed by atoms with Gasteiger partial charge in [-0.25, -0.2) is 4.68 Å². The van der Waals surface area contributed by atoms with E-state index in [4.69, 9.17) is 12.2 Å². The molecule has 4 heterocycles. The predicted molar refractivity (Wildman–Crippen MR) is 202 cm³/mol. The molecule has 2 aliphatic rings. The van der Waals surface area contributed by atoms with E-state index >= 15 is 0 Å². The number of thiocarbonyl (C=S) groups is 1. The van der Waals surface area contributed by atoms with E-state index in [0.29, 0.717) is 39.9 Å². The summed E-state index contributed by atoms with van der Waals surface area (Å²) in [5, 5.41) is 10.1. The third kappa shape index (κ3) is 6.43. The first-order valence-electron chi connectivity index (χ1n) is 16.7. The Balaban J connectivity index is 1.41. The molecule has 0 bridgehead atoms. The lowest BCUT2D eigenvalue weighted by molar-refractivity contribution is -0.113. The maximum atomic E-state index is 14.2. The van der Waals surface area contributed by atoms with Gasteiger partial charge in [0.25, 0.3) is 17.0 Å². The Morgan fingerprint density at radius 2 is 1.63 bits per heavy atom. The van der Waals surface area contributed by atoms with Crippen LogP contribution in [0.25, 0.3) is 11.8 Å². The van der Waals surface area contributed by atoms with Crippen LogP contribution in [0.5, 0.6) is 0 Å². The number of rotatable bonds is 9. The van der Waals surface area contributed by atoms with E-state index in [-0.39, 0.29) is 26.7 Å². The Labute approximate surface area is 296 Å². The smallest absolute Gasteiger partial charge is 0.296 e. The van der Waals surface area contributed by atoms with Crippen molar-refractivity contribution in [2.24, 2.45) is 13.0 Å². The number of nitrogens with zero attached hydrogens (tertiary/aromatic N) is 6. The van der Waals surface area contributed by atoms with Gasteiger partial charge >= 0.3 is 0 Å². The van der Waals surface area contributed by atoms with Crippen LogP contribution in [0.1, 0.15) is 60.6 Å². The van der Waals surface area contributed by atoms with Gasteiger partial charge in [-0.2, -0.15) is 5.26 Å². The molecule has 0 saturated carbocycles. The molecule has 49 heavy (non-hydrogen) atoms. The van der Waals surface area contributed by atoms with Crippen LogP contribution in [0.2, 0.25) is 0 Å². The van der Waals surface area contributed by atoms with Crippen LogP contribution in [0.3, 0.4) is 0 Å². The molecule has 4 aromatic rings. The lowest BCUT2D eigenvalue weighted by atomic mass is 9.90. The summed E-state index contributed by atoms with van der Waals surface area (Å²) in [5.74, 6) is 0.848. The zero-order valence-corrected chi connectivity index (χ0v) is 29.9. The van der Waals surface area contributed by atoms with Gasteiger partial charge in [0, 0.05) is 32.2 Å². The van der Waals surface area contributed by atoms with E-state index in [2.05, 4.69) is 42.2 Å². The van der Waals surface area contributed by atoms with Gasteiger partial charge in [-0.15, -0.1) is 0 Å². The van der Waals surface area contributed by atoms with E-state index < -0.39 is 5.91 Å². The molecule has 6 rings (SSSR count). The van der Waals surface area contributed by atoms with Gasteiger partial charge in [-0.3, -0.25) is 28.5 Å². The average Bonchev–Trinajstić information content (AvgIpc) is 3.50. The Hall–Kier alpha value is -4.66. The summed E-state index contributed by atoms with van der Waals surface area (Å²) in [6, 6.07) is 21.9. The van der Waals surface area contributed by atoms with Crippen molar-refractivity contribution in [3.8, 4) is 11.8 Å². The third-order valence-electron chi connectivity index (χ3n) is 9.68. The highest BCUT2D eigenvalue weighted by molar-refractivity contribution is 8.27. The summed E-state index contributed by atoms with van der Waals surface area (Å²) in [5.41, 5.74) is 3.43. The molecule has 252 valence electrons. The molecule has 0 atom stereocenters. The predicted octanol–water partition coefficient (Wildman–Crippen LogP) is 6.49. The van der Waals surface area contributed by atoms with Crippen molar-refractivity contribution in [2.75, 3.05) is 22.9 Å². The lowest BCUT2D eigenvalue weighted by Gasteiger charge is -2.36. The van der Waals surface area contributed by atoms with E-state index in [1.165, 1.54) is 15.1 Å². The van der Waals surface area contributed by atoms with Crippen LogP contribution in [0, 0.1) is 31.1 Å². The minimum Gasteiger partial charge on any atom is -0.357 e. The van der Waals surface area contributed by atoms with E-state index in [1.54, 1.807) is 36.2 Å². The highest BCUT2D eigenvalue weighted by Gasteiger charge is 2.38. The highest BCUT2D eigenvalue weighted by atomic mass is 32.2. The molecular weight excluding hydrogens is 653 g/mol. The van der Waals surface area contributed by atoms with Gasteiger partial charge in [-0.1, -0.05) is 85.9 Å². The van der Waals surface area contributed by atoms with Crippen LogP contribution in [0.4, 0.5) is 11.5 Å². The number of carbonyl (C=O) groups is 1. The van der Waals surface area contributed by atoms with Crippen LogP contribution in [0.15, 0.2) is 75.2 Å². The summed E-state index contributed by atoms with van der Waals surface area (Å²) >= 11 is 6.87. The van der Waals surface area contributed by atoms with Crippen molar-refractivity contribution in [2.45, 2.75) is 59.4 Å². The zero-order valence-electron chi connectivity index (χ0n) is 28.3. The van der Waals surface area contributed by atoms with Gasteiger partial charge in [-0.05, 0) is 74.8 Å². The van der Waals surface area contributed by atoms with E-state index in [1.807, 2.05) is 36.4 Å². The van der Waals surface area contributed by atoms with Gasteiger partial charge in [0.1, 0.15) is 23.1 Å². The molecule has 2 aliphatic heterocycles. The second kappa shape index (κ2) is 14.4. The summed E-state index contributed by atoms with van der Waals surface area (Å²) in [4.78, 5) is 45.8. The molecule has 0 aliphatic carbocycles. The number of thioether (sulfide) groups is 1. The monoisotopic (exact) mass is 692 g/mol. The molecule has 0 N–H and O–H groups in total. The second-order valence-electron chi connectivity index (χ2n) is 12.7. The summed E-state index contributed by atoms with van der Waals surface area (Å²) < 4.78 is 5.24. The first-order valence-corrected chi connectivity index (χ1v) is 18.0. The number of benzene rings is 2. The first-order chi connectivity index (χ1) is 23.7. The van der Waals surface area contributed by atoms with Crippen molar-refractivity contribution in [1.29, 1.82) is 5.26 Å². The normalized spacial score (nSPS) is 16.2. The van der Waals surface area contributed by atoms with Crippen LogP contribution in [-0.4, -0.2) is 37.2 Å². The number of unbranched alkanes of at least 4 members (excludes halogenated alkanes) is 1. The van der Waals surface area contributed by atoms with Crippen LogP contribution < -0.4 is 20.9 Å². The van der Waals surface area contributed by atoms with E-state index in [0.717, 1.165) is 62.8 Å². The fourth-order valence-corrected chi connectivity index (χ4v) is 8.16. The molecule has 0 radical (unpaired) electrons. The number of pyridine rings is 1. The molecule has 9 nitrogen and oxygen atoms in total. The minimum atomic E-state index is -0.405. The summed E-state index contributed by atoms with van der Waals surface area (Å²) in [6.45, 7) is 7.61. The molecule has 2 saturated heterocycles. The Morgan fingerprint density at radius 1 is 0.980 bits per heavy atom. The first kappa shape index (κ1) is 34.2. The van der Waals surface area contributed by atoms with Crippen molar-refractivity contribution in [3.05, 3.63) is 114 Å². The molecule has 2 aromatic carbocycles. The van der Waals surface area contributed by atoms with Crippen molar-refractivity contribution < 1.29 is 4.79 Å². The van der Waals surface area contributed by atoms with Gasteiger partial charge in [0.05, 0.1) is 16.3 Å². The quantitative estimate of drug-likeness (QED) is 0.146. The minimum absolute atomic E-state index is 0.0743. The number of hydrogen-bond donors (Lipinski definition) is 0. The second-order valence-corrected chi connectivity index (χ2v) is 14.4. The molecule has 1 amide bonds. The number of para-hydroxylation sites is 1. The number of anilines is 2. The van der Waals surface area contributed by atoms with Gasteiger partial charge in [0.2, 0.25) is 0 Å². The lowest BCUT2D eigenvalue weighted by Crippen LogP contribution is -2.40. The number of nitriles is 1. The number of hydrogen-bond acceptors (Lipinski definition) is 7. The maximum absolute atomic E-state index is 14.2. The highest BCUT2D eigenvalue weighted by Crippen LogP contribution is 2.39. The largest absolute Gasteiger partial charge is 0.357 e. The van der Waals surface area contributed by atoms with Crippen molar-refractivity contribution in [1.82, 2.24) is 13.9 Å². The fourth-order valence-electron chi connectivity index (χ4n) is 6.91. The average molecular weight is 693 g/mol. The molecule has 0 spiro atoms. The molecular formula is C38H40N6O3S2. The molecule has 2 fully saturated rings. The standard InChI is InChI=1S/C38H40N6O3S2/c1-5-6-19-42-34(41-20-17-28(18-21-41)22-27-13-9-7-10-14-27)30(25(2)31(24-39)35(42)45)23-32-36(46)43(38(48)49-32)33-26(3)40(4)44(37(33)47)29-15-11-8-12-16-29/h7-16,23,28H,5-6,17-22H2,1-4H3/b32-23-. The maximum Gasteiger partial charge on any atom is 0.296 e. The topological polar surface area (TPSA) is 96.3 Å². The SMILES string of the molecule is CCCCn1c(N2CCC(Cc3ccccc3)CC2)c(/C=C2\SC(=S)N(c3c(C)n(C)n(-c4ccccc4)c3=O)C2=O)c(C)c(C#N)c1=O. The van der Waals surface area contributed by atoms with Crippen molar-refractivity contribution in [3.63, 3.8) is 0 Å². The number of aromatic nitrogens is 3.